The fraction of sp³-hybridized carbons (Fsp3) is 0.250. The molecule has 0 saturated carbocycles. The van der Waals surface area contributed by atoms with Crippen molar-refractivity contribution in [1.29, 1.82) is 0 Å². The fourth-order valence-electron chi connectivity index (χ4n) is 1.87. The highest BCUT2D eigenvalue weighted by molar-refractivity contribution is 5.31. The molecule has 24 heavy (non-hydrogen) atoms. The zero-order chi connectivity index (χ0) is 18.2. The largest absolute Gasteiger partial charge is 0.0874 e. The van der Waals surface area contributed by atoms with E-state index in [-0.39, 0.29) is 0 Å². The summed E-state index contributed by atoms with van der Waals surface area (Å²) in [6.45, 7) is 12.5. The van der Waals surface area contributed by atoms with Gasteiger partial charge in [-0.15, -0.1) is 0 Å². The number of rotatable bonds is 8. The minimum atomic E-state index is 1.22. The van der Waals surface area contributed by atoms with E-state index >= 15 is 0 Å². The Hall–Kier alpha value is -2.34. The average Bonchev–Trinajstić information content (AvgIpc) is 2.52. The van der Waals surface area contributed by atoms with Crippen LogP contribution in [-0.4, -0.2) is 0 Å². The minimum absolute atomic E-state index is 1.22. The summed E-state index contributed by atoms with van der Waals surface area (Å²) in [5.41, 5.74) is 4.95. The smallest absolute Gasteiger partial charge is 0.0398 e. The van der Waals surface area contributed by atoms with E-state index < -0.39 is 0 Å². The molecule has 0 amide bonds. The van der Waals surface area contributed by atoms with Crippen LogP contribution >= 0.6 is 0 Å². The second kappa shape index (κ2) is 14.3. The van der Waals surface area contributed by atoms with Crippen LogP contribution in [0.1, 0.15) is 41.5 Å². The lowest BCUT2D eigenvalue weighted by molar-refractivity contribution is 1.48. The van der Waals surface area contributed by atoms with Gasteiger partial charge in [0.05, 0.1) is 0 Å². The molecule has 0 atom stereocenters. The summed E-state index contributed by atoms with van der Waals surface area (Å²) in [4.78, 5) is 0. The molecule has 0 aromatic heterocycles. The molecule has 0 bridgehead atoms. The molecule has 0 heteroatoms. The van der Waals surface area contributed by atoms with Gasteiger partial charge in [-0.2, -0.15) is 0 Å². The van der Waals surface area contributed by atoms with Crippen molar-refractivity contribution in [3.8, 4) is 0 Å². The predicted molar refractivity (Wildman–Crippen MR) is 112 cm³/mol. The first kappa shape index (κ1) is 21.7. The van der Waals surface area contributed by atoms with E-state index in [0.29, 0.717) is 0 Å². The van der Waals surface area contributed by atoms with Crippen LogP contribution in [0, 0.1) is 0 Å². The van der Waals surface area contributed by atoms with Crippen molar-refractivity contribution in [2.75, 3.05) is 0 Å². The van der Waals surface area contributed by atoms with Crippen LogP contribution in [0.2, 0.25) is 0 Å². The molecule has 0 spiro atoms. The van der Waals surface area contributed by atoms with Crippen molar-refractivity contribution in [1.82, 2.24) is 0 Å². The molecule has 0 unspecified atom stereocenters. The van der Waals surface area contributed by atoms with E-state index in [0.717, 1.165) is 0 Å². The van der Waals surface area contributed by atoms with E-state index in [1.165, 1.54) is 22.3 Å². The predicted octanol–water partition coefficient (Wildman–Crippen LogP) is 7.59. The van der Waals surface area contributed by atoms with E-state index in [9.17, 15) is 0 Å². The van der Waals surface area contributed by atoms with Gasteiger partial charge in [-0.3, -0.25) is 0 Å². The van der Waals surface area contributed by atoms with Gasteiger partial charge in [-0.25, -0.2) is 0 Å². The Morgan fingerprint density at radius 3 is 1.04 bits per heavy atom. The van der Waals surface area contributed by atoms with E-state index in [1.807, 2.05) is 26.0 Å². The van der Waals surface area contributed by atoms with Crippen LogP contribution in [0.4, 0.5) is 0 Å². The van der Waals surface area contributed by atoms with Gasteiger partial charge >= 0.3 is 0 Å². The molecule has 0 aliphatic rings. The number of allylic oxidation sites excluding steroid dienone is 18. The van der Waals surface area contributed by atoms with Crippen LogP contribution in [0.15, 0.2) is 107 Å². The molecule has 0 fully saturated rings. The highest BCUT2D eigenvalue weighted by Gasteiger charge is 1.81. The average molecular weight is 321 g/mol. The third kappa shape index (κ3) is 13.3. The third-order valence-electron chi connectivity index (χ3n) is 3.12. The molecule has 0 aliphatic heterocycles. The molecule has 0 saturated heterocycles. The van der Waals surface area contributed by atoms with Crippen LogP contribution in [0.5, 0.6) is 0 Å². The zero-order valence-corrected chi connectivity index (χ0v) is 16.1. The molecule has 0 N–H and O–H groups in total. The molecule has 0 aromatic carbocycles. The standard InChI is InChI=1S/C24H32/c1-7-13-21(3)17-11-19-23(5)15-9-10-16-24(6)20-12-18-22(4)14-8-2/h7-20H,1-6H3/b10-9+,13-7+,14-8+,19-11+,20-12+,21-17-,22-18+,23-15+,24-16+. The molecular weight excluding hydrogens is 288 g/mol. The van der Waals surface area contributed by atoms with Crippen molar-refractivity contribution >= 4 is 0 Å². The molecular formula is C24H32. The second-order valence-corrected chi connectivity index (χ2v) is 5.75. The molecule has 0 aliphatic carbocycles. The lowest BCUT2D eigenvalue weighted by Crippen LogP contribution is -1.69. The summed E-state index contributed by atoms with van der Waals surface area (Å²) < 4.78 is 0. The summed E-state index contributed by atoms with van der Waals surface area (Å²) >= 11 is 0. The van der Waals surface area contributed by atoms with E-state index in [1.54, 1.807) is 0 Å². The lowest BCUT2D eigenvalue weighted by atomic mass is 10.2. The maximum atomic E-state index is 2.11. The first-order valence-electron chi connectivity index (χ1n) is 8.46. The summed E-state index contributed by atoms with van der Waals surface area (Å²) in [6, 6.07) is 0. The number of hydrogen-bond donors (Lipinski definition) is 0. The topological polar surface area (TPSA) is 0 Å². The summed E-state index contributed by atoms with van der Waals surface area (Å²) in [7, 11) is 0. The Balaban J connectivity index is 4.57. The Labute approximate surface area is 149 Å². The maximum Gasteiger partial charge on any atom is -0.0398 e. The van der Waals surface area contributed by atoms with Gasteiger partial charge in [0.25, 0.3) is 0 Å². The number of hydrogen-bond acceptors (Lipinski definition) is 0. The Morgan fingerprint density at radius 2 is 0.708 bits per heavy atom. The Morgan fingerprint density at radius 1 is 0.417 bits per heavy atom. The monoisotopic (exact) mass is 320 g/mol. The summed E-state index contributed by atoms with van der Waals surface area (Å²) in [6.07, 6.45) is 29.3. The summed E-state index contributed by atoms with van der Waals surface area (Å²) in [5, 5.41) is 0. The molecule has 0 aromatic rings. The van der Waals surface area contributed by atoms with Crippen molar-refractivity contribution in [2.45, 2.75) is 41.5 Å². The molecule has 0 rings (SSSR count). The maximum absolute atomic E-state index is 2.11. The van der Waals surface area contributed by atoms with Crippen molar-refractivity contribution < 1.29 is 0 Å². The fourth-order valence-corrected chi connectivity index (χ4v) is 1.87. The van der Waals surface area contributed by atoms with Crippen molar-refractivity contribution in [2.24, 2.45) is 0 Å². The minimum Gasteiger partial charge on any atom is -0.0874 e. The van der Waals surface area contributed by atoms with E-state index in [2.05, 4.69) is 101 Å². The third-order valence-corrected chi connectivity index (χ3v) is 3.12. The van der Waals surface area contributed by atoms with Crippen LogP contribution < -0.4 is 0 Å². The van der Waals surface area contributed by atoms with Gasteiger partial charge in [0.2, 0.25) is 0 Å². The molecule has 0 heterocycles. The lowest BCUT2D eigenvalue weighted by Gasteiger charge is -1.90. The Bertz CT molecular complexity index is 565. The van der Waals surface area contributed by atoms with Crippen molar-refractivity contribution in [3.63, 3.8) is 0 Å². The quantitative estimate of drug-likeness (QED) is 0.404. The van der Waals surface area contributed by atoms with Gasteiger partial charge in [-0.1, -0.05) is 107 Å². The second-order valence-electron chi connectivity index (χ2n) is 5.75. The van der Waals surface area contributed by atoms with Gasteiger partial charge in [-0.05, 0) is 41.5 Å². The van der Waals surface area contributed by atoms with Gasteiger partial charge in [0, 0.05) is 0 Å². The van der Waals surface area contributed by atoms with Gasteiger partial charge < -0.3 is 0 Å². The van der Waals surface area contributed by atoms with Gasteiger partial charge in [0.1, 0.15) is 0 Å². The van der Waals surface area contributed by atoms with Crippen LogP contribution in [-0.2, 0) is 0 Å². The first-order valence-corrected chi connectivity index (χ1v) is 8.46. The van der Waals surface area contributed by atoms with Crippen LogP contribution in [0.3, 0.4) is 0 Å². The van der Waals surface area contributed by atoms with Gasteiger partial charge in [0.15, 0.2) is 0 Å². The molecule has 0 nitrogen and oxygen atoms in total. The first-order chi connectivity index (χ1) is 11.5. The normalized spacial score (nSPS) is 16.1. The van der Waals surface area contributed by atoms with E-state index in [4.69, 9.17) is 0 Å². The highest BCUT2D eigenvalue weighted by Crippen LogP contribution is 2.02. The SMILES string of the molecule is C/C=C/C(C)=C\C=C\C(C)=C\C=C\C=C(C)\C=C\C=C(C)\C=C\C. The highest BCUT2D eigenvalue weighted by atomic mass is 13.9. The zero-order valence-electron chi connectivity index (χ0n) is 16.1. The summed E-state index contributed by atoms with van der Waals surface area (Å²) in [5.74, 6) is 0. The Kier molecular flexibility index (Phi) is 12.9. The molecule has 0 radical (unpaired) electrons. The van der Waals surface area contributed by atoms with Crippen molar-refractivity contribution in [3.05, 3.63) is 107 Å². The molecule has 128 valence electrons. The van der Waals surface area contributed by atoms with Crippen LogP contribution in [0.25, 0.3) is 0 Å².